The van der Waals surface area contributed by atoms with Crippen molar-refractivity contribution in [2.24, 2.45) is 5.92 Å². The molecule has 1 heterocycles. The second kappa shape index (κ2) is 5.38. The number of nitrogens with zero attached hydrogens (tertiary/aromatic N) is 2. The minimum absolute atomic E-state index is 0.0106. The van der Waals surface area contributed by atoms with E-state index in [2.05, 4.69) is 0 Å². The highest BCUT2D eigenvalue weighted by Gasteiger charge is 2.34. The Bertz CT molecular complexity index is 699. The van der Waals surface area contributed by atoms with Crippen LogP contribution in [0.4, 0.5) is 10.1 Å². The number of nitriles is 1. The zero-order valence-corrected chi connectivity index (χ0v) is 11.8. The third-order valence-electron chi connectivity index (χ3n) is 3.03. The van der Waals surface area contributed by atoms with Gasteiger partial charge in [0.15, 0.2) is 5.82 Å². The smallest absolute Gasteiger partial charge is 0.232 e. The summed E-state index contributed by atoms with van der Waals surface area (Å²) in [7, 11) is 1.45. The molecule has 0 aliphatic carbocycles. The van der Waals surface area contributed by atoms with Gasteiger partial charge in [-0.25, -0.2) is 12.8 Å². The maximum Gasteiger partial charge on any atom is 0.232 e. The molecule has 1 aromatic carbocycles. The van der Waals surface area contributed by atoms with E-state index in [1.54, 1.807) is 6.07 Å². The fraction of sp³-hybridized carbons (Fsp3) is 0.333. The molecule has 2 rings (SSSR count). The van der Waals surface area contributed by atoms with Crippen LogP contribution in [0.3, 0.4) is 0 Å². The van der Waals surface area contributed by atoms with Gasteiger partial charge in [-0.05, 0) is 12.1 Å². The molecular weight excluding hydrogens is 307 g/mol. The molecule has 20 heavy (non-hydrogen) atoms. The summed E-state index contributed by atoms with van der Waals surface area (Å²) in [5.41, 5.74) is -0.174. The van der Waals surface area contributed by atoms with Gasteiger partial charge < -0.3 is 4.90 Å². The van der Waals surface area contributed by atoms with Crippen LogP contribution >= 0.6 is 10.7 Å². The molecule has 1 atom stereocenters. The van der Waals surface area contributed by atoms with Crippen molar-refractivity contribution in [1.29, 1.82) is 5.26 Å². The molecule has 0 spiro atoms. The van der Waals surface area contributed by atoms with Gasteiger partial charge in [0.2, 0.25) is 15.0 Å². The van der Waals surface area contributed by atoms with Crippen LogP contribution in [0.15, 0.2) is 18.2 Å². The lowest BCUT2D eigenvalue weighted by molar-refractivity contribution is -0.117. The van der Waals surface area contributed by atoms with E-state index in [4.69, 9.17) is 15.9 Å². The summed E-state index contributed by atoms with van der Waals surface area (Å²) in [5, 5.41) is 8.77. The van der Waals surface area contributed by atoms with Crippen LogP contribution in [0, 0.1) is 23.1 Å². The number of rotatable bonds is 3. The molecule has 106 valence electrons. The zero-order chi connectivity index (χ0) is 14.9. The van der Waals surface area contributed by atoms with E-state index < -0.39 is 20.8 Å². The van der Waals surface area contributed by atoms with E-state index in [-0.39, 0.29) is 35.9 Å². The Balaban J connectivity index is 2.27. The fourth-order valence-electron chi connectivity index (χ4n) is 2.22. The minimum Gasteiger partial charge on any atom is -0.309 e. The van der Waals surface area contributed by atoms with Crippen molar-refractivity contribution in [2.45, 2.75) is 6.42 Å². The van der Waals surface area contributed by atoms with Crippen molar-refractivity contribution < 1.29 is 17.6 Å². The van der Waals surface area contributed by atoms with Crippen molar-refractivity contribution in [3.63, 3.8) is 0 Å². The molecule has 1 saturated heterocycles. The number of hydrogen-bond acceptors (Lipinski definition) is 4. The molecule has 1 aliphatic rings. The molecule has 1 aromatic rings. The molecule has 0 saturated carbocycles. The topological polar surface area (TPSA) is 78.2 Å². The summed E-state index contributed by atoms with van der Waals surface area (Å²) in [6.45, 7) is 0.0661. The summed E-state index contributed by atoms with van der Waals surface area (Å²) in [4.78, 5) is 13.0. The van der Waals surface area contributed by atoms with Gasteiger partial charge in [-0.1, -0.05) is 6.07 Å². The lowest BCUT2D eigenvalue weighted by Crippen LogP contribution is -2.26. The van der Waals surface area contributed by atoms with E-state index in [1.165, 1.54) is 18.2 Å². The third kappa shape index (κ3) is 3.08. The van der Waals surface area contributed by atoms with E-state index in [9.17, 15) is 17.6 Å². The normalized spacial score (nSPS) is 19.1. The van der Waals surface area contributed by atoms with Crippen LogP contribution in [0.5, 0.6) is 0 Å². The zero-order valence-electron chi connectivity index (χ0n) is 10.2. The molecule has 0 bridgehead atoms. The standard InChI is InChI=1S/C12H10ClFN2O3S/c13-20(18,19)7-8-4-11(17)16(6-8)10-3-1-2-9(5-15)12(10)14/h1-3,8H,4,6-7H2. The van der Waals surface area contributed by atoms with E-state index in [0.29, 0.717) is 0 Å². The van der Waals surface area contributed by atoms with Crippen LogP contribution in [0.2, 0.25) is 0 Å². The first-order valence-electron chi connectivity index (χ1n) is 5.73. The SMILES string of the molecule is N#Cc1cccc(N2CC(CS(=O)(=O)Cl)CC2=O)c1F. The Labute approximate surface area is 120 Å². The Kier molecular flexibility index (Phi) is 3.97. The molecule has 1 fully saturated rings. The van der Waals surface area contributed by atoms with Crippen LogP contribution in [0.1, 0.15) is 12.0 Å². The molecule has 0 radical (unpaired) electrons. The number of hydrogen-bond donors (Lipinski definition) is 0. The van der Waals surface area contributed by atoms with Crippen LogP contribution in [-0.4, -0.2) is 26.6 Å². The Morgan fingerprint density at radius 3 is 2.80 bits per heavy atom. The third-order valence-corrected chi connectivity index (χ3v) is 4.28. The highest BCUT2D eigenvalue weighted by molar-refractivity contribution is 8.13. The summed E-state index contributed by atoms with van der Waals surface area (Å²) in [6.07, 6.45) is -0.0117. The molecule has 0 N–H and O–H groups in total. The van der Waals surface area contributed by atoms with Gasteiger partial charge in [-0.15, -0.1) is 0 Å². The van der Waals surface area contributed by atoms with E-state index in [0.717, 1.165) is 4.90 Å². The van der Waals surface area contributed by atoms with Gasteiger partial charge in [-0.3, -0.25) is 4.79 Å². The van der Waals surface area contributed by atoms with Gasteiger partial charge in [0, 0.05) is 29.6 Å². The molecule has 5 nitrogen and oxygen atoms in total. The second-order valence-electron chi connectivity index (χ2n) is 4.53. The molecule has 1 aliphatic heterocycles. The maximum atomic E-state index is 14.0. The van der Waals surface area contributed by atoms with E-state index >= 15 is 0 Å². The van der Waals surface area contributed by atoms with Crippen molar-refractivity contribution >= 4 is 31.3 Å². The summed E-state index contributed by atoms with van der Waals surface area (Å²) in [5.74, 6) is -1.98. The molecular formula is C12H10ClFN2O3S. The number of carbonyl (C=O) groups is 1. The average Bonchev–Trinajstić information content (AvgIpc) is 2.68. The highest BCUT2D eigenvalue weighted by Crippen LogP contribution is 2.29. The van der Waals surface area contributed by atoms with Crippen molar-refractivity contribution in [3.8, 4) is 6.07 Å². The number of benzene rings is 1. The van der Waals surface area contributed by atoms with Gasteiger partial charge in [0.05, 0.1) is 17.0 Å². The summed E-state index contributed by atoms with van der Waals surface area (Å²) < 4.78 is 36.0. The summed E-state index contributed by atoms with van der Waals surface area (Å²) in [6, 6.07) is 5.85. The number of amides is 1. The lowest BCUT2D eigenvalue weighted by Gasteiger charge is -2.17. The van der Waals surface area contributed by atoms with Crippen molar-refractivity contribution in [2.75, 3.05) is 17.2 Å². The second-order valence-corrected chi connectivity index (χ2v) is 7.35. The largest absolute Gasteiger partial charge is 0.309 e. The van der Waals surface area contributed by atoms with Crippen LogP contribution in [-0.2, 0) is 13.8 Å². The fourth-order valence-corrected chi connectivity index (χ4v) is 3.54. The predicted octanol–water partition coefficient (Wildman–Crippen LogP) is 1.62. The van der Waals surface area contributed by atoms with Gasteiger partial charge in [0.1, 0.15) is 6.07 Å². The molecule has 1 unspecified atom stereocenters. The van der Waals surface area contributed by atoms with Gasteiger partial charge >= 0.3 is 0 Å². The Morgan fingerprint density at radius 2 is 2.20 bits per heavy atom. The Hall–Kier alpha value is -1.65. The lowest BCUT2D eigenvalue weighted by atomic mass is 10.1. The number of halogens is 2. The molecule has 1 amide bonds. The average molecular weight is 317 g/mol. The number of carbonyl (C=O) groups excluding carboxylic acids is 1. The maximum absolute atomic E-state index is 14.0. The minimum atomic E-state index is -3.71. The van der Waals surface area contributed by atoms with Crippen molar-refractivity contribution in [1.82, 2.24) is 0 Å². The quantitative estimate of drug-likeness (QED) is 0.794. The Morgan fingerprint density at radius 1 is 1.50 bits per heavy atom. The first-order chi connectivity index (χ1) is 9.31. The van der Waals surface area contributed by atoms with Gasteiger partial charge in [-0.2, -0.15) is 5.26 Å². The predicted molar refractivity (Wildman–Crippen MR) is 71.2 cm³/mol. The first-order valence-corrected chi connectivity index (χ1v) is 8.21. The van der Waals surface area contributed by atoms with E-state index in [1.807, 2.05) is 0 Å². The van der Waals surface area contributed by atoms with Crippen LogP contribution in [0.25, 0.3) is 0 Å². The van der Waals surface area contributed by atoms with Crippen LogP contribution < -0.4 is 4.90 Å². The van der Waals surface area contributed by atoms with Crippen molar-refractivity contribution in [3.05, 3.63) is 29.6 Å². The molecule has 8 heteroatoms. The van der Waals surface area contributed by atoms with Gasteiger partial charge in [0.25, 0.3) is 0 Å². The monoisotopic (exact) mass is 316 g/mol. The number of anilines is 1. The molecule has 0 aromatic heterocycles. The highest BCUT2D eigenvalue weighted by atomic mass is 35.7. The summed E-state index contributed by atoms with van der Waals surface area (Å²) >= 11 is 0. The first kappa shape index (κ1) is 14.8.